The maximum Gasteiger partial charge on any atom is 0.120 e. The fourth-order valence-electron chi connectivity index (χ4n) is 19.1. The smallest absolute Gasteiger partial charge is 0.120 e. The molecule has 0 N–H and O–H groups in total. The fraction of sp³-hybridized carbons (Fsp3) is 0.233. The van der Waals surface area contributed by atoms with Gasteiger partial charge in [-0.15, -0.1) is 149 Å². The molecule has 0 saturated carbocycles. The van der Waals surface area contributed by atoms with Crippen LogP contribution in [0.25, 0.3) is 150 Å². The Kier molecular flexibility index (Phi) is 40.0. The molecule has 0 saturated heterocycles. The van der Waals surface area contributed by atoms with Crippen molar-refractivity contribution in [2.45, 2.75) is 198 Å². The molecule has 7 heterocycles. The molecular weight excluding hydrogens is 2720 g/mol. The molecule has 0 bridgehead atoms. The predicted molar refractivity (Wildman–Crippen MR) is 591 cm³/mol. The van der Waals surface area contributed by atoms with E-state index in [1.54, 1.807) is 12.3 Å². The summed E-state index contributed by atoms with van der Waals surface area (Å²) >= 11 is 1.82. The molecule has 0 spiro atoms. The largest absolute Gasteiger partial charge is 0.500 e. The average molecular weight is 2840 g/mol. The number of aromatic nitrogens is 10. The standard InChI is InChI=1S/C30H24FN2.C27H25N2O.C27H25N2S.C24H29N2.C21H23N2.5Ir/c1-21(2)25-19-27(22-9-5-3-6-10-22)29(28(20-25)23-11-7-4-8-12-23)33-18-17-32-30(33)24-13-15-26(31)16-14-24;2*1-17(2)20-9-7-10-21(18(3)4)26(20)29-15-14-28-27(29)19-12-13-25-23(16-19)22-8-5-6-11-24(22)30-25;1-16(2)20-14-21(17(3)4)23(22(15-20)18(5)6)26-13-12-25-24(26)19-10-8-7-9-11-19;1-15(2)18-11-8-12-19(16(3)4)20(18)23-14-13-22-21(23)17-9-6-5-7-10-17;;;;;/h3-13,15-21H,1-2H3;2*5-11,13-18H,1-4H3;7-10,12-18H,1-6H3;5-9,11-16H,1-4H3;;;;;/q5*-1;;;;;. The summed E-state index contributed by atoms with van der Waals surface area (Å²) in [5.41, 5.74) is 30.7. The number of thiophene rings is 1. The second-order valence-corrected chi connectivity index (χ2v) is 40.8. The van der Waals surface area contributed by atoms with E-state index in [0.717, 1.165) is 107 Å². The normalized spacial score (nSPS) is 11.2. The number of rotatable bonds is 22. The van der Waals surface area contributed by atoms with Crippen LogP contribution in [0.2, 0.25) is 0 Å². The molecule has 21 aromatic rings. The molecule has 0 unspecified atom stereocenters. The number of fused-ring (bicyclic) bond motifs is 6. The first kappa shape index (κ1) is 114. The summed E-state index contributed by atoms with van der Waals surface area (Å²) in [6, 6.07) is 112. The van der Waals surface area contributed by atoms with Gasteiger partial charge in [0, 0.05) is 212 Å². The number of imidazole rings is 5. The minimum Gasteiger partial charge on any atom is -0.500 e. The van der Waals surface area contributed by atoms with Gasteiger partial charge in [0.05, 0.1) is 40.4 Å². The summed E-state index contributed by atoms with van der Waals surface area (Å²) in [6.07, 6.45) is 19.6. The van der Waals surface area contributed by atoms with Crippen molar-refractivity contribution in [1.82, 2.24) is 47.8 Å². The molecule has 0 aliphatic rings. The zero-order valence-corrected chi connectivity index (χ0v) is 99.7. The average Bonchev–Trinajstić information content (AvgIpc) is 1.63. The molecule has 147 heavy (non-hydrogen) atoms. The van der Waals surface area contributed by atoms with Gasteiger partial charge in [-0.1, -0.05) is 313 Å². The third-order valence-electron chi connectivity index (χ3n) is 26.5. The Balaban J connectivity index is 0.000000163. The van der Waals surface area contributed by atoms with Crippen LogP contribution in [0.4, 0.5) is 4.39 Å². The van der Waals surface area contributed by atoms with Crippen molar-refractivity contribution in [3.63, 3.8) is 0 Å². The van der Waals surface area contributed by atoms with Crippen LogP contribution in [0.15, 0.2) is 345 Å². The number of hydrogen-bond acceptors (Lipinski definition) is 7. The maximum atomic E-state index is 13.6. The van der Waals surface area contributed by atoms with E-state index in [-0.39, 0.29) is 106 Å². The van der Waals surface area contributed by atoms with Crippen molar-refractivity contribution in [2.75, 3.05) is 0 Å². The first-order valence-electron chi connectivity index (χ1n) is 50.0. The maximum absolute atomic E-state index is 13.6. The van der Waals surface area contributed by atoms with E-state index >= 15 is 0 Å². The Labute approximate surface area is 939 Å². The van der Waals surface area contributed by atoms with Crippen LogP contribution in [-0.2, 0) is 101 Å². The number of hydrogen-bond donors (Lipinski definition) is 0. The Hall–Kier alpha value is -11.7. The molecule has 7 aromatic heterocycles. The van der Waals surface area contributed by atoms with Gasteiger partial charge in [0.15, 0.2) is 0 Å². The van der Waals surface area contributed by atoms with Crippen LogP contribution in [0.5, 0.6) is 0 Å². The Bertz CT molecular complexity index is 7520. The summed E-state index contributed by atoms with van der Waals surface area (Å²) < 4.78 is 33.2. The van der Waals surface area contributed by atoms with Crippen LogP contribution in [0.1, 0.15) is 253 Å². The molecule has 0 amide bonds. The fourth-order valence-corrected chi connectivity index (χ4v) is 20.2. The summed E-state index contributed by atoms with van der Waals surface area (Å²) in [5.74, 6) is 8.53. The molecule has 18 heteroatoms. The van der Waals surface area contributed by atoms with Gasteiger partial charge in [0.25, 0.3) is 0 Å². The molecular formula is C129H126FIr5N10OS-5. The molecule has 0 aliphatic heterocycles. The van der Waals surface area contributed by atoms with Gasteiger partial charge in [-0.25, -0.2) is 0 Å². The number of benzene rings is 14. The van der Waals surface area contributed by atoms with Gasteiger partial charge in [-0.3, -0.25) is 29.3 Å². The van der Waals surface area contributed by atoms with Crippen LogP contribution in [-0.4, -0.2) is 47.8 Å². The number of furan rings is 1. The molecule has 761 valence electrons. The third-order valence-corrected chi connectivity index (χ3v) is 27.7. The van der Waals surface area contributed by atoms with Crippen LogP contribution < -0.4 is 0 Å². The van der Waals surface area contributed by atoms with E-state index in [1.165, 1.54) is 111 Å². The van der Waals surface area contributed by atoms with Crippen LogP contribution in [0.3, 0.4) is 0 Å². The number of nitrogens with zero attached hydrogens (tertiary/aromatic N) is 10. The predicted octanol–water partition coefficient (Wildman–Crippen LogP) is 35.7. The molecule has 11 nitrogen and oxygen atoms in total. The molecule has 5 radical (unpaired) electrons. The summed E-state index contributed by atoms with van der Waals surface area (Å²) in [7, 11) is 0. The third kappa shape index (κ3) is 25.1. The van der Waals surface area contributed by atoms with E-state index in [4.69, 9.17) is 14.4 Å². The van der Waals surface area contributed by atoms with E-state index in [1.807, 2.05) is 115 Å². The van der Waals surface area contributed by atoms with Crippen molar-refractivity contribution < 1.29 is 109 Å². The molecule has 21 rings (SSSR count). The van der Waals surface area contributed by atoms with E-state index in [2.05, 4.69) is 419 Å². The molecule has 0 fully saturated rings. The van der Waals surface area contributed by atoms with E-state index in [9.17, 15) is 4.39 Å². The zero-order chi connectivity index (χ0) is 99.7. The van der Waals surface area contributed by atoms with Crippen molar-refractivity contribution in [3.8, 4) is 108 Å². The summed E-state index contributed by atoms with van der Waals surface area (Å²) in [6.45, 7) is 45.1. The van der Waals surface area contributed by atoms with Gasteiger partial charge < -0.3 is 27.3 Å². The first-order chi connectivity index (χ1) is 68.7. The summed E-state index contributed by atoms with van der Waals surface area (Å²) in [4.78, 5) is 23.4. The second kappa shape index (κ2) is 51.5. The van der Waals surface area contributed by atoms with Gasteiger partial charge in [0.1, 0.15) is 5.58 Å². The van der Waals surface area contributed by atoms with Gasteiger partial charge in [-0.05, 0) is 160 Å². The minimum absolute atomic E-state index is 0. The van der Waals surface area contributed by atoms with Crippen LogP contribution >= 0.6 is 11.3 Å². The Morgan fingerprint density at radius 3 is 0.952 bits per heavy atom. The van der Waals surface area contributed by atoms with Crippen molar-refractivity contribution >= 4 is 53.4 Å². The quantitative estimate of drug-likeness (QED) is 0.0627. The Morgan fingerprint density at radius 2 is 0.578 bits per heavy atom. The van der Waals surface area contributed by atoms with Gasteiger partial charge in [0.2, 0.25) is 0 Å². The van der Waals surface area contributed by atoms with Crippen molar-refractivity contribution in [2.24, 2.45) is 0 Å². The zero-order valence-electron chi connectivity index (χ0n) is 86.9. The number of para-hydroxylation sites is 4. The van der Waals surface area contributed by atoms with E-state index in [0.29, 0.717) is 59.2 Å². The minimum atomic E-state index is -0.312. The van der Waals surface area contributed by atoms with Gasteiger partial charge in [-0.2, -0.15) is 11.3 Å². The van der Waals surface area contributed by atoms with Crippen LogP contribution in [0, 0.1) is 36.1 Å². The van der Waals surface area contributed by atoms with Crippen molar-refractivity contribution in [1.29, 1.82) is 0 Å². The first-order valence-corrected chi connectivity index (χ1v) is 50.8. The number of halogens is 1. The second-order valence-electron chi connectivity index (χ2n) is 39.7. The molecule has 0 aliphatic carbocycles. The monoisotopic (exact) mass is 2850 g/mol. The van der Waals surface area contributed by atoms with Gasteiger partial charge >= 0.3 is 0 Å². The topological polar surface area (TPSA) is 102 Å². The molecule has 14 aromatic carbocycles. The van der Waals surface area contributed by atoms with Crippen molar-refractivity contribution in [3.05, 3.63) is 433 Å². The summed E-state index contributed by atoms with van der Waals surface area (Å²) in [5, 5.41) is 4.79. The SMILES string of the molecule is CC(C)c1cc(-c2ccccc2)c(-n2ccnc2-c2[c-]cc(F)cc2)c(-c2ccccc2)c1.CC(C)c1cc(C(C)C)c(-n2ccnc2-c2[c-]cccc2)c(C(C)C)c1.CC(C)c1cccc(C(C)C)c1-n1ccnc1-c1[c-]cc2oc3ccccc3c2c1.CC(C)c1cccc(C(C)C)c1-n1ccnc1-c1[c-]cc2sc3ccccc3c2c1.CC(C)c1cccc(C(C)C)c1-n1ccnc1-c1[c-]cccc1.[Ir].[Ir].[Ir].[Ir].[Ir]. The van der Waals surface area contributed by atoms with E-state index < -0.39 is 0 Å². The Morgan fingerprint density at radius 1 is 0.252 bits per heavy atom. The molecule has 0 atom stereocenters.